The fraction of sp³-hybridized carbons (Fsp3) is 0.364. The van der Waals surface area contributed by atoms with Crippen LogP contribution in [0.15, 0.2) is 67.2 Å². The van der Waals surface area contributed by atoms with Gasteiger partial charge in [-0.05, 0) is 34.7 Å². The third-order valence-corrected chi connectivity index (χ3v) is 9.53. The smallest absolute Gasteiger partial charge is 0.261 e. The molecule has 0 saturated heterocycles. The molecule has 2 aromatic carbocycles. The van der Waals surface area contributed by atoms with Crippen LogP contribution in [-0.2, 0) is 4.43 Å². The van der Waals surface area contributed by atoms with Crippen molar-refractivity contribution in [3.05, 3.63) is 73.3 Å². The molecule has 2 rings (SSSR count). The number of hydrogen-bond acceptors (Lipinski definition) is 1. The average Bonchev–Trinajstić information content (AvgIpc) is 2.59. The molecule has 0 aliphatic carbocycles. The molecular formula is C22H31CeCl2OSi-2. The Morgan fingerprint density at radius 1 is 0.889 bits per heavy atom. The second-order valence-electron chi connectivity index (χ2n) is 7.22. The second-order valence-corrected chi connectivity index (χ2v) is 11.5. The Hall–Kier alpha value is 0.314. The first-order chi connectivity index (χ1) is 11.5. The minimum atomic E-state index is -2.35. The summed E-state index contributed by atoms with van der Waals surface area (Å²) in [5.41, 5.74) is 0. The molecule has 0 unspecified atom stereocenters. The molecule has 0 aromatic heterocycles. The number of rotatable bonds is 8. The molecule has 2 aromatic rings. The minimum Gasteiger partial charge on any atom is -1.00 e. The van der Waals surface area contributed by atoms with Gasteiger partial charge in [-0.2, -0.15) is 0 Å². The van der Waals surface area contributed by atoms with Gasteiger partial charge in [0.05, 0.1) is 0 Å². The molecule has 0 N–H and O–H groups in total. The van der Waals surface area contributed by atoms with Gasteiger partial charge < -0.3 is 29.2 Å². The van der Waals surface area contributed by atoms with E-state index < -0.39 is 8.32 Å². The summed E-state index contributed by atoms with van der Waals surface area (Å²) in [4.78, 5) is 0. The fourth-order valence-electron chi connectivity index (χ4n) is 3.34. The second kappa shape index (κ2) is 14.3. The van der Waals surface area contributed by atoms with Crippen LogP contribution in [0.5, 0.6) is 0 Å². The molecule has 5 heteroatoms. The van der Waals surface area contributed by atoms with E-state index in [1.54, 1.807) is 0 Å². The van der Waals surface area contributed by atoms with Gasteiger partial charge in [0.1, 0.15) is 0 Å². The molecule has 0 heterocycles. The van der Waals surface area contributed by atoms with Crippen molar-refractivity contribution >= 4 is 18.7 Å². The first-order valence-electron chi connectivity index (χ1n) is 8.77. The molecule has 1 nitrogen and oxygen atoms in total. The number of allylic oxidation sites excluding steroid dienone is 1. The Labute approximate surface area is 214 Å². The quantitative estimate of drug-likeness (QED) is 0.302. The van der Waals surface area contributed by atoms with E-state index in [1.165, 1.54) is 10.4 Å². The van der Waals surface area contributed by atoms with Gasteiger partial charge in [0.2, 0.25) is 0 Å². The molecule has 0 atom stereocenters. The summed E-state index contributed by atoms with van der Waals surface area (Å²) in [6, 6.07) is 21.6. The maximum atomic E-state index is 6.80. The summed E-state index contributed by atoms with van der Waals surface area (Å²) in [6.07, 6.45) is 6.03. The predicted molar refractivity (Wildman–Crippen MR) is 108 cm³/mol. The molecular weight excluding hydrogens is 519 g/mol. The summed E-state index contributed by atoms with van der Waals surface area (Å²) in [5, 5.41) is 2.75. The van der Waals surface area contributed by atoms with E-state index in [4.69, 9.17) is 4.43 Å². The van der Waals surface area contributed by atoms with E-state index in [-0.39, 0.29) is 73.0 Å². The van der Waals surface area contributed by atoms with E-state index in [9.17, 15) is 0 Å². The summed E-state index contributed by atoms with van der Waals surface area (Å²) in [6.45, 7) is 11.4. The Balaban J connectivity index is -0.00000156. The van der Waals surface area contributed by atoms with Crippen molar-refractivity contribution in [2.75, 3.05) is 6.61 Å². The van der Waals surface area contributed by atoms with Gasteiger partial charge in [0.25, 0.3) is 8.32 Å². The molecule has 0 aliphatic heterocycles. The molecule has 1 radical (unpaired) electrons. The van der Waals surface area contributed by atoms with Gasteiger partial charge >= 0.3 is 0 Å². The monoisotopic (exact) mass is 549 g/mol. The molecule has 149 valence electrons. The number of halogens is 2. The Kier molecular flexibility index (Phi) is 15.7. The van der Waals surface area contributed by atoms with Gasteiger partial charge in [-0.25, -0.2) is 0 Å². The molecule has 0 saturated carbocycles. The Morgan fingerprint density at radius 2 is 1.33 bits per heavy atom. The van der Waals surface area contributed by atoms with Crippen molar-refractivity contribution < 1.29 is 72.4 Å². The van der Waals surface area contributed by atoms with Crippen LogP contribution in [0.25, 0.3) is 0 Å². The van der Waals surface area contributed by atoms with Crippen molar-refractivity contribution in [3.63, 3.8) is 0 Å². The third-order valence-electron chi connectivity index (χ3n) is 4.48. The van der Waals surface area contributed by atoms with Crippen LogP contribution in [0.4, 0.5) is 0 Å². The zero-order valence-electron chi connectivity index (χ0n) is 16.5. The molecule has 0 aliphatic rings. The maximum Gasteiger partial charge on any atom is 0.261 e. The van der Waals surface area contributed by atoms with Gasteiger partial charge in [-0.3, -0.25) is 0 Å². The van der Waals surface area contributed by atoms with Gasteiger partial charge in [-0.1, -0.05) is 94.1 Å². The summed E-state index contributed by atoms with van der Waals surface area (Å²) in [5.74, 6) is 0. The molecule has 0 spiro atoms. The Bertz CT molecular complexity index is 596. The number of hydrogen-bond donors (Lipinski definition) is 0. The van der Waals surface area contributed by atoms with E-state index in [0.29, 0.717) is 0 Å². The number of benzene rings is 2. The first kappa shape index (κ1) is 29.5. The van der Waals surface area contributed by atoms with E-state index in [2.05, 4.69) is 94.1 Å². The zero-order valence-corrected chi connectivity index (χ0v) is 22.1. The van der Waals surface area contributed by atoms with Crippen molar-refractivity contribution in [2.45, 2.75) is 45.1 Å². The average molecular weight is 551 g/mol. The molecule has 27 heavy (non-hydrogen) atoms. The van der Waals surface area contributed by atoms with E-state index in [0.717, 1.165) is 25.9 Å². The predicted octanol–water partition coefficient (Wildman–Crippen LogP) is -1.02. The van der Waals surface area contributed by atoms with E-state index in [1.807, 2.05) is 0 Å². The molecule has 0 amide bonds. The maximum absolute atomic E-state index is 6.80. The van der Waals surface area contributed by atoms with Crippen molar-refractivity contribution in [2.24, 2.45) is 0 Å². The topological polar surface area (TPSA) is 9.23 Å². The minimum absolute atomic E-state index is 0. The van der Waals surface area contributed by atoms with Crippen LogP contribution in [0.3, 0.4) is 0 Å². The van der Waals surface area contributed by atoms with Gasteiger partial charge in [-0.15, -0.1) is 0 Å². The van der Waals surface area contributed by atoms with Crippen LogP contribution in [0.1, 0.15) is 41.5 Å². The summed E-state index contributed by atoms with van der Waals surface area (Å²) >= 11 is 0. The van der Waals surface area contributed by atoms with Gasteiger partial charge in [0, 0.05) is 49.8 Å². The number of unbranched alkanes of at least 4 members (excludes halogenated alkanes) is 2. The van der Waals surface area contributed by atoms with Crippen molar-refractivity contribution in [3.8, 4) is 0 Å². The van der Waals surface area contributed by atoms with Crippen LogP contribution in [0.2, 0.25) is 5.04 Å². The summed E-state index contributed by atoms with van der Waals surface area (Å²) in [7, 11) is -2.35. The first-order valence-corrected chi connectivity index (χ1v) is 10.7. The van der Waals surface area contributed by atoms with E-state index >= 15 is 0 Å². The fourth-order valence-corrected chi connectivity index (χ4v) is 7.94. The van der Waals surface area contributed by atoms with Crippen LogP contribution >= 0.6 is 0 Å². The van der Waals surface area contributed by atoms with Gasteiger partial charge in [0.15, 0.2) is 0 Å². The molecule has 0 fully saturated rings. The largest absolute Gasteiger partial charge is 1.00 e. The van der Waals surface area contributed by atoms with Crippen molar-refractivity contribution in [1.82, 2.24) is 0 Å². The van der Waals surface area contributed by atoms with Crippen LogP contribution in [-0.4, -0.2) is 14.9 Å². The SMILES string of the molecule is C=[C]CCCCO[Si](c1ccccc1)(c1ccccc1)C(C)(C)C.[Ce].[Cl-].[Cl-].[HH]. The normalized spacial score (nSPS) is 10.8. The zero-order chi connectivity index (χ0) is 17.5. The molecule has 0 bridgehead atoms. The third kappa shape index (κ3) is 7.58. The van der Waals surface area contributed by atoms with Crippen LogP contribution in [0, 0.1) is 47.8 Å². The summed E-state index contributed by atoms with van der Waals surface area (Å²) < 4.78 is 6.80. The Morgan fingerprint density at radius 3 is 1.70 bits per heavy atom. The van der Waals surface area contributed by atoms with Crippen molar-refractivity contribution in [1.29, 1.82) is 0 Å². The van der Waals surface area contributed by atoms with Crippen LogP contribution < -0.4 is 35.2 Å². The standard InChI is InChI=1S/C22H29OSi.Ce.2ClH.H2/c1-5-6-7-14-19-23-24(22(2,3)4,20-15-10-8-11-16-20)21-17-12-9-13-18-21;;;;/h8-13,15-18H,1,6-7,14,19H2,2-4H3;;3*1H/p-2.